The van der Waals surface area contributed by atoms with Gasteiger partial charge in [-0.2, -0.15) is 0 Å². The summed E-state index contributed by atoms with van der Waals surface area (Å²) in [5.74, 6) is -0.0454. The van der Waals surface area contributed by atoms with Crippen LogP contribution in [0.3, 0.4) is 0 Å². The van der Waals surface area contributed by atoms with E-state index < -0.39 is 12.2 Å². The van der Waals surface area contributed by atoms with E-state index in [0.717, 1.165) is 0 Å². The molecule has 1 saturated heterocycles. The molecule has 0 spiro atoms. The van der Waals surface area contributed by atoms with E-state index in [1.165, 1.54) is 11.8 Å². The fourth-order valence-corrected chi connectivity index (χ4v) is 1.21. The van der Waals surface area contributed by atoms with E-state index in [4.69, 9.17) is 10.2 Å². The van der Waals surface area contributed by atoms with Gasteiger partial charge in [0.2, 0.25) is 5.91 Å². The zero-order chi connectivity index (χ0) is 8.43. The van der Waals surface area contributed by atoms with Crippen LogP contribution in [0.1, 0.15) is 13.3 Å². The van der Waals surface area contributed by atoms with Crippen LogP contribution in [0.25, 0.3) is 0 Å². The zero-order valence-electron chi connectivity index (χ0n) is 6.53. The van der Waals surface area contributed by atoms with Gasteiger partial charge in [-0.3, -0.25) is 4.79 Å². The Morgan fingerprint density at radius 3 is 2.55 bits per heavy atom. The molecule has 1 fully saturated rings. The third kappa shape index (κ3) is 1.91. The van der Waals surface area contributed by atoms with Crippen LogP contribution in [0.2, 0.25) is 0 Å². The summed E-state index contributed by atoms with van der Waals surface area (Å²) >= 11 is 0. The highest BCUT2D eigenvalue weighted by Gasteiger charge is 2.26. The highest BCUT2D eigenvalue weighted by Crippen LogP contribution is 2.10. The number of amides is 1. The summed E-state index contributed by atoms with van der Waals surface area (Å²) in [6, 6.07) is 0. The van der Waals surface area contributed by atoms with Gasteiger partial charge in [0, 0.05) is 20.0 Å². The first-order chi connectivity index (χ1) is 5.11. The maximum atomic E-state index is 10.8. The smallest absolute Gasteiger partial charge is 0.219 e. The number of carbonyl (C=O) groups is 1. The van der Waals surface area contributed by atoms with Gasteiger partial charge in [-0.15, -0.1) is 0 Å². The van der Waals surface area contributed by atoms with Crippen LogP contribution in [-0.4, -0.2) is 46.3 Å². The van der Waals surface area contributed by atoms with E-state index in [1.807, 2.05) is 0 Å². The topological polar surface area (TPSA) is 60.8 Å². The summed E-state index contributed by atoms with van der Waals surface area (Å²) < 4.78 is 0. The van der Waals surface area contributed by atoms with Gasteiger partial charge in [0.15, 0.2) is 0 Å². The molecule has 0 saturated carbocycles. The molecule has 2 atom stereocenters. The predicted octanol–water partition coefficient (Wildman–Crippen LogP) is -1.04. The second-order valence-electron chi connectivity index (χ2n) is 2.89. The van der Waals surface area contributed by atoms with Crippen LogP contribution in [0.5, 0.6) is 0 Å². The molecule has 1 amide bonds. The Morgan fingerprint density at radius 1 is 1.45 bits per heavy atom. The molecule has 0 aromatic heterocycles. The van der Waals surface area contributed by atoms with Crippen molar-refractivity contribution in [2.24, 2.45) is 0 Å². The van der Waals surface area contributed by atoms with Crippen LogP contribution in [0.4, 0.5) is 0 Å². The summed E-state index contributed by atoms with van der Waals surface area (Å²) in [6.45, 7) is 2.27. The number of carbonyl (C=O) groups excluding carboxylic acids is 1. The van der Waals surface area contributed by atoms with Crippen molar-refractivity contribution in [1.82, 2.24) is 4.90 Å². The molecule has 0 radical (unpaired) electrons. The predicted molar refractivity (Wildman–Crippen MR) is 38.9 cm³/mol. The normalized spacial score (nSPS) is 32.1. The lowest BCUT2D eigenvalue weighted by atomic mass is 10.1. The fourth-order valence-electron chi connectivity index (χ4n) is 1.21. The van der Waals surface area contributed by atoms with E-state index in [0.29, 0.717) is 13.0 Å². The molecule has 0 aliphatic carbocycles. The first-order valence-electron chi connectivity index (χ1n) is 3.73. The average Bonchev–Trinajstić information content (AvgIpc) is 1.94. The van der Waals surface area contributed by atoms with Gasteiger partial charge in [-0.05, 0) is 6.42 Å². The van der Waals surface area contributed by atoms with Gasteiger partial charge in [0.25, 0.3) is 0 Å². The van der Waals surface area contributed by atoms with E-state index >= 15 is 0 Å². The number of rotatable bonds is 0. The largest absolute Gasteiger partial charge is 0.390 e. The lowest BCUT2D eigenvalue weighted by Gasteiger charge is -2.32. The van der Waals surface area contributed by atoms with Crippen LogP contribution in [0, 0.1) is 0 Å². The molecule has 1 aliphatic heterocycles. The van der Waals surface area contributed by atoms with Gasteiger partial charge < -0.3 is 15.1 Å². The maximum Gasteiger partial charge on any atom is 0.219 e. The molecule has 11 heavy (non-hydrogen) atoms. The molecule has 4 heteroatoms. The summed E-state index contributed by atoms with van der Waals surface area (Å²) in [5.41, 5.74) is 0. The summed E-state index contributed by atoms with van der Waals surface area (Å²) in [7, 11) is 0. The van der Waals surface area contributed by atoms with Crippen molar-refractivity contribution in [2.45, 2.75) is 25.6 Å². The summed E-state index contributed by atoms with van der Waals surface area (Å²) in [5, 5.41) is 18.2. The van der Waals surface area contributed by atoms with Crippen LogP contribution in [-0.2, 0) is 4.79 Å². The van der Waals surface area contributed by atoms with Gasteiger partial charge in [0.1, 0.15) is 0 Å². The highest BCUT2D eigenvalue weighted by atomic mass is 16.3. The van der Waals surface area contributed by atoms with Crippen molar-refractivity contribution in [3.05, 3.63) is 0 Å². The molecule has 1 aliphatic rings. The second kappa shape index (κ2) is 3.19. The Kier molecular flexibility index (Phi) is 2.46. The molecule has 1 rings (SSSR count). The lowest BCUT2D eigenvalue weighted by molar-refractivity contribution is -0.135. The lowest BCUT2D eigenvalue weighted by Crippen LogP contribution is -2.48. The van der Waals surface area contributed by atoms with Gasteiger partial charge in [0.05, 0.1) is 12.2 Å². The van der Waals surface area contributed by atoms with E-state index in [2.05, 4.69) is 0 Å². The van der Waals surface area contributed by atoms with E-state index in [-0.39, 0.29) is 12.5 Å². The molecule has 2 N–H and O–H groups in total. The molecular formula is C7H13NO3. The third-order valence-electron chi connectivity index (χ3n) is 1.99. The second-order valence-corrected chi connectivity index (χ2v) is 2.89. The number of aliphatic hydroxyl groups excluding tert-OH is 2. The molecule has 4 nitrogen and oxygen atoms in total. The Bertz CT molecular complexity index is 160. The molecule has 0 unspecified atom stereocenters. The SMILES string of the molecule is CC(=O)N1CC[C@@H](O)[C@@H](O)C1. The number of likely N-dealkylation sites (tertiary alicyclic amines) is 1. The summed E-state index contributed by atoms with van der Waals surface area (Å²) in [4.78, 5) is 12.3. The molecule has 1 heterocycles. The van der Waals surface area contributed by atoms with Crippen LogP contribution < -0.4 is 0 Å². The van der Waals surface area contributed by atoms with Crippen molar-refractivity contribution in [3.63, 3.8) is 0 Å². The molecule has 0 aromatic carbocycles. The molecular weight excluding hydrogens is 146 g/mol. The quantitative estimate of drug-likeness (QED) is 0.474. The zero-order valence-corrected chi connectivity index (χ0v) is 6.53. The maximum absolute atomic E-state index is 10.8. The number of piperidine rings is 1. The van der Waals surface area contributed by atoms with Gasteiger partial charge >= 0.3 is 0 Å². The molecule has 0 aromatic rings. The van der Waals surface area contributed by atoms with Gasteiger partial charge in [-0.1, -0.05) is 0 Å². The van der Waals surface area contributed by atoms with Crippen molar-refractivity contribution in [2.75, 3.05) is 13.1 Å². The van der Waals surface area contributed by atoms with Crippen molar-refractivity contribution < 1.29 is 15.0 Å². The Balaban J connectivity index is 2.46. The van der Waals surface area contributed by atoms with E-state index in [1.54, 1.807) is 0 Å². The minimum Gasteiger partial charge on any atom is -0.390 e. The average molecular weight is 159 g/mol. The Labute approximate surface area is 65.4 Å². The number of hydrogen-bond donors (Lipinski definition) is 2. The first kappa shape index (κ1) is 8.49. The van der Waals surface area contributed by atoms with Gasteiger partial charge in [-0.25, -0.2) is 0 Å². The van der Waals surface area contributed by atoms with Crippen molar-refractivity contribution >= 4 is 5.91 Å². The Hall–Kier alpha value is -0.610. The standard InChI is InChI=1S/C7H13NO3/c1-5(9)8-3-2-6(10)7(11)4-8/h6-7,10-11H,2-4H2,1H3/t6-,7+/m1/s1. The fraction of sp³-hybridized carbons (Fsp3) is 0.857. The van der Waals surface area contributed by atoms with Crippen LogP contribution in [0.15, 0.2) is 0 Å². The Morgan fingerprint density at radius 2 is 2.09 bits per heavy atom. The number of nitrogens with zero attached hydrogens (tertiary/aromatic N) is 1. The van der Waals surface area contributed by atoms with Crippen molar-refractivity contribution in [1.29, 1.82) is 0 Å². The van der Waals surface area contributed by atoms with Crippen LogP contribution >= 0.6 is 0 Å². The van der Waals surface area contributed by atoms with Crippen molar-refractivity contribution in [3.8, 4) is 0 Å². The number of aliphatic hydroxyl groups is 2. The molecule has 64 valence electrons. The highest BCUT2D eigenvalue weighted by molar-refractivity contribution is 5.73. The number of β-amino-alcohol motifs (C(OH)–C–C–N with tert-alkyl or cyclic N) is 1. The third-order valence-corrected chi connectivity index (χ3v) is 1.99. The number of hydrogen-bond acceptors (Lipinski definition) is 3. The van der Waals surface area contributed by atoms with E-state index in [9.17, 15) is 4.79 Å². The summed E-state index contributed by atoms with van der Waals surface area (Å²) in [6.07, 6.45) is -0.959. The first-order valence-corrected chi connectivity index (χ1v) is 3.73. The minimum absolute atomic E-state index is 0.0454. The monoisotopic (exact) mass is 159 g/mol. The molecule has 0 bridgehead atoms. The minimum atomic E-state index is -0.771.